The van der Waals surface area contributed by atoms with Crippen LogP contribution in [0.5, 0.6) is 0 Å². The first kappa shape index (κ1) is 7.57. The van der Waals surface area contributed by atoms with E-state index in [0.717, 1.165) is 6.61 Å². The van der Waals surface area contributed by atoms with Crippen molar-refractivity contribution in [3.8, 4) is 0 Å². The highest BCUT2D eigenvalue weighted by Crippen LogP contribution is 2.39. The van der Waals surface area contributed by atoms with Crippen LogP contribution in [0.4, 0.5) is 0 Å². The molecule has 0 aromatic heterocycles. The first-order valence-electron chi connectivity index (χ1n) is 5.14. The van der Waals surface area contributed by atoms with Crippen LogP contribution < -0.4 is 0 Å². The van der Waals surface area contributed by atoms with Crippen LogP contribution in [0.3, 0.4) is 0 Å². The highest BCUT2D eigenvalue weighted by atomic mass is 16.6. The molecule has 0 amide bonds. The molecule has 1 fully saturated rings. The molecule has 1 saturated heterocycles. The Morgan fingerprint density at radius 3 is 2.92 bits per heavy atom. The minimum Gasteiger partial charge on any atom is -0.372 e. The van der Waals surface area contributed by atoms with Crippen molar-refractivity contribution in [1.82, 2.24) is 0 Å². The van der Waals surface area contributed by atoms with Crippen molar-refractivity contribution in [3.63, 3.8) is 0 Å². The van der Waals surface area contributed by atoms with Gasteiger partial charge in [-0.25, -0.2) is 0 Å². The van der Waals surface area contributed by atoms with Gasteiger partial charge >= 0.3 is 0 Å². The van der Waals surface area contributed by atoms with E-state index < -0.39 is 0 Å². The summed E-state index contributed by atoms with van der Waals surface area (Å²) in [5.41, 5.74) is 3.10. The Morgan fingerprint density at radius 2 is 2.08 bits per heavy atom. The van der Waals surface area contributed by atoms with Crippen molar-refractivity contribution in [2.24, 2.45) is 0 Å². The fraction of sp³-hybridized carbons (Fsp3) is 0.500. The number of hydrogen-bond acceptors (Lipinski definition) is 1. The molecule has 1 aliphatic carbocycles. The molecule has 1 heterocycles. The molecule has 68 valence electrons. The van der Waals surface area contributed by atoms with Gasteiger partial charge in [0.05, 0.1) is 12.7 Å². The SMILES string of the molecule is c1ccc2c(c1)CCCC2[C@H]1CO1. The Kier molecular flexibility index (Phi) is 1.66. The predicted molar refractivity (Wildman–Crippen MR) is 51.9 cm³/mol. The lowest BCUT2D eigenvalue weighted by Crippen LogP contribution is -2.14. The molecule has 1 aromatic carbocycles. The first-order valence-corrected chi connectivity index (χ1v) is 5.14. The first-order chi connectivity index (χ1) is 6.45. The van der Waals surface area contributed by atoms with Gasteiger partial charge in [-0.1, -0.05) is 24.3 Å². The Hall–Kier alpha value is -0.820. The zero-order valence-corrected chi connectivity index (χ0v) is 7.70. The molecule has 13 heavy (non-hydrogen) atoms. The van der Waals surface area contributed by atoms with Crippen LogP contribution in [-0.2, 0) is 11.2 Å². The van der Waals surface area contributed by atoms with E-state index >= 15 is 0 Å². The standard InChI is InChI=1S/C12H14O/c1-2-6-10-9(4-1)5-3-7-11(10)12-8-13-12/h1-2,4,6,11-12H,3,5,7-8H2/t11?,12-/m1/s1. The van der Waals surface area contributed by atoms with E-state index in [1.165, 1.54) is 19.3 Å². The monoisotopic (exact) mass is 174 g/mol. The summed E-state index contributed by atoms with van der Waals surface area (Å²) in [5.74, 6) is 0.699. The minimum absolute atomic E-state index is 0.543. The van der Waals surface area contributed by atoms with Crippen LogP contribution in [0.25, 0.3) is 0 Å². The van der Waals surface area contributed by atoms with Crippen LogP contribution >= 0.6 is 0 Å². The molecule has 3 rings (SSSR count). The number of epoxide rings is 1. The zero-order chi connectivity index (χ0) is 8.67. The molecule has 1 unspecified atom stereocenters. The van der Waals surface area contributed by atoms with Crippen LogP contribution in [0, 0.1) is 0 Å². The molecule has 0 N–H and O–H groups in total. The number of aryl methyl sites for hydroxylation is 1. The number of fused-ring (bicyclic) bond motifs is 1. The van der Waals surface area contributed by atoms with Crippen LogP contribution in [0.2, 0.25) is 0 Å². The normalized spacial score (nSPS) is 31.1. The molecule has 2 atom stereocenters. The maximum absolute atomic E-state index is 5.40. The van der Waals surface area contributed by atoms with Crippen molar-refractivity contribution >= 4 is 0 Å². The lowest BCUT2D eigenvalue weighted by atomic mass is 9.81. The van der Waals surface area contributed by atoms with E-state index in [9.17, 15) is 0 Å². The molecule has 0 spiro atoms. The van der Waals surface area contributed by atoms with Crippen molar-refractivity contribution in [2.45, 2.75) is 31.3 Å². The Morgan fingerprint density at radius 1 is 1.23 bits per heavy atom. The van der Waals surface area contributed by atoms with Crippen molar-refractivity contribution in [3.05, 3.63) is 35.4 Å². The van der Waals surface area contributed by atoms with E-state index in [-0.39, 0.29) is 0 Å². The van der Waals surface area contributed by atoms with Gasteiger partial charge in [-0.2, -0.15) is 0 Å². The number of rotatable bonds is 1. The highest BCUT2D eigenvalue weighted by molar-refractivity contribution is 5.34. The Bertz CT molecular complexity index is 315. The lowest BCUT2D eigenvalue weighted by molar-refractivity contribution is 0.354. The topological polar surface area (TPSA) is 12.5 Å². The fourth-order valence-electron chi connectivity index (χ4n) is 2.47. The number of hydrogen-bond donors (Lipinski definition) is 0. The Balaban J connectivity index is 2.00. The zero-order valence-electron chi connectivity index (χ0n) is 7.70. The minimum atomic E-state index is 0.543. The summed E-state index contributed by atoms with van der Waals surface area (Å²) in [6.45, 7) is 0.985. The van der Waals surface area contributed by atoms with Crippen molar-refractivity contribution < 1.29 is 4.74 Å². The molecule has 0 saturated carbocycles. The summed E-state index contributed by atoms with van der Waals surface area (Å²) in [7, 11) is 0. The molecule has 1 heteroatoms. The number of benzene rings is 1. The summed E-state index contributed by atoms with van der Waals surface area (Å²) >= 11 is 0. The fourth-order valence-corrected chi connectivity index (χ4v) is 2.47. The second-order valence-electron chi connectivity index (χ2n) is 4.07. The molecule has 0 radical (unpaired) electrons. The van der Waals surface area contributed by atoms with Gasteiger partial charge in [0.2, 0.25) is 0 Å². The summed E-state index contributed by atoms with van der Waals surface area (Å²) in [5, 5.41) is 0. The molecule has 0 bridgehead atoms. The van der Waals surface area contributed by atoms with E-state index in [2.05, 4.69) is 24.3 Å². The molecular weight excluding hydrogens is 160 g/mol. The third-order valence-corrected chi connectivity index (χ3v) is 3.22. The third-order valence-electron chi connectivity index (χ3n) is 3.22. The largest absolute Gasteiger partial charge is 0.372 e. The van der Waals surface area contributed by atoms with Gasteiger partial charge in [-0.3, -0.25) is 0 Å². The smallest absolute Gasteiger partial charge is 0.0878 e. The van der Waals surface area contributed by atoms with E-state index in [0.29, 0.717) is 12.0 Å². The van der Waals surface area contributed by atoms with Gasteiger partial charge in [0, 0.05) is 5.92 Å². The van der Waals surface area contributed by atoms with Crippen LogP contribution in [0.15, 0.2) is 24.3 Å². The molecule has 1 aromatic rings. The summed E-state index contributed by atoms with van der Waals surface area (Å²) < 4.78 is 5.40. The quantitative estimate of drug-likeness (QED) is 0.596. The maximum atomic E-state index is 5.40. The van der Waals surface area contributed by atoms with E-state index in [4.69, 9.17) is 4.74 Å². The predicted octanol–water partition coefficient (Wildman–Crippen LogP) is 2.51. The van der Waals surface area contributed by atoms with Crippen molar-refractivity contribution in [1.29, 1.82) is 0 Å². The van der Waals surface area contributed by atoms with Gasteiger partial charge in [0.25, 0.3) is 0 Å². The van der Waals surface area contributed by atoms with Crippen LogP contribution in [-0.4, -0.2) is 12.7 Å². The second-order valence-corrected chi connectivity index (χ2v) is 4.07. The summed E-state index contributed by atoms with van der Waals surface area (Å²) in [4.78, 5) is 0. The average Bonchev–Trinajstić information content (AvgIpc) is 3.00. The van der Waals surface area contributed by atoms with Gasteiger partial charge in [0.1, 0.15) is 0 Å². The summed E-state index contributed by atoms with van der Waals surface area (Å²) in [6.07, 6.45) is 4.46. The molecular formula is C12H14O. The summed E-state index contributed by atoms with van der Waals surface area (Å²) in [6, 6.07) is 8.85. The molecule has 1 nitrogen and oxygen atoms in total. The molecule has 1 aliphatic heterocycles. The van der Waals surface area contributed by atoms with E-state index in [1.807, 2.05) is 0 Å². The number of ether oxygens (including phenoxy) is 1. The maximum Gasteiger partial charge on any atom is 0.0878 e. The van der Waals surface area contributed by atoms with Gasteiger partial charge < -0.3 is 4.74 Å². The molecule has 2 aliphatic rings. The van der Waals surface area contributed by atoms with Gasteiger partial charge in [-0.05, 0) is 30.4 Å². The van der Waals surface area contributed by atoms with Crippen LogP contribution in [0.1, 0.15) is 29.9 Å². The average molecular weight is 174 g/mol. The highest BCUT2D eigenvalue weighted by Gasteiger charge is 2.35. The van der Waals surface area contributed by atoms with Gasteiger partial charge in [-0.15, -0.1) is 0 Å². The second kappa shape index (κ2) is 2.85. The lowest BCUT2D eigenvalue weighted by Gasteiger charge is -2.23. The third kappa shape index (κ3) is 1.28. The van der Waals surface area contributed by atoms with E-state index in [1.54, 1.807) is 11.1 Å². The Labute approximate surface area is 78.7 Å². The van der Waals surface area contributed by atoms with Gasteiger partial charge in [0.15, 0.2) is 0 Å². The van der Waals surface area contributed by atoms with Crippen molar-refractivity contribution in [2.75, 3.05) is 6.61 Å².